The zero-order valence-corrected chi connectivity index (χ0v) is 12.6. The third kappa shape index (κ3) is 5.40. The molecule has 0 heterocycles. The highest BCUT2D eigenvalue weighted by molar-refractivity contribution is 5.91. The van der Waals surface area contributed by atoms with Gasteiger partial charge in [0.25, 0.3) is 11.8 Å². The highest BCUT2D eigenvalue weighted by Gasteiger charge is 2.13. The van der Waals surface area contributed by atoms with Gasteiger partial charge >= 0.3 is 0 Å². The lowest BCUT2D eigenvalue weighted by atomic mass is 9.87. The highest BCUT2D eigenvalue weighted by Crippen LogP contribution is 2.23. The summed E-state index contributed by atoms with van der Waals surface area (Å²) in [5.74, 6) is -0.204. The van der Waals surface area contributed by atoms with Crippen LogP contribution in [-0.4, -0.2) is 32.0 Å². The van der Waals surface area contributed by atoms with Gasteiger partial charge in [0.1, 0.15) is 0 Å². The van der Waals surface area contributed by atoms with Gasteiger partial charge in [-0.05, 0) is 23.1 Å². The van der Waals surface area contributed by atoms with Gasteiger partial charge in [-0.15, -0.1) is 0 Å². The number of quaternary nitrogens is 1. The van der Waals surface area contributed by atoms with Crippen LogP contribution in [0.2, 0.25) is 0 Å². The van der Waals surface area contributed by atoms with E-state index in [0.29, 0.717) is 0 Å². The molecule has 20 heavy (non-hydrogen) atoms. The smallest absolute Gasteiger partial charge is 0.279 e. The van der Waals surface area contributed by atoms with Crippen LogP contribution in [0, 0.1) is 0 Å². The largest absolute Gasteiger partial charge is 0.354 e. The van der Waals surface area contributed by atoms with Crippen molar-refractivity contribution in [3.05, 3.63) is 29.8 Å². The average molecular weight is 278 g/mol. The van der Waals surface area contributed by atoms with Crippen LogP contribution < -0.4 is 16.0 Å². The number of carbonyl (C=O) groups excluding carboxylic acids is 2. The fourth-order valence-electron chi connectivity index (χ4n) is 1.70. The number of benzene rings is 1. The maximum absolute atomic E-state index is 11.7. The lowest BCUT2D eigenvalue weighted by Crippen LogP contribution is -2.88. The van der Waals surface area contributed by atoms with E-state index in [1.807, 2.05) is 24.3 Å². The molecule has 5 heteroatoms. The molecule has 0 spiro atoms. The number of hydrogen-bond donors (Lipinski definition) is 3. The highest BCUT2D eigenvalue weighted by atomic mass is 16.2. The van der Waals surface area contributed by atoms with E-state index in [-0.39, 0.29) is 30.3 Å². The van der Waals surface area contributed by atoms with Crippen molar-refractivity contribution < 1.29 is 14.9 Å². The lowest BCUT2D eigenvalue weighted by molar-refractivity contribution is -0.632. The van der Waals surface area contributed by atoms with E-state index >= 15 is 0 Å². The van der Waals surface area contributed by atoms with E-state index in [4.69, 9.17) is 0 Å². The van der Waals surface area contributed by atoms with Gasteiger partial charge in [-0.25, -0.2) is 0 Å². The molecule has 1 aromatic rings. The zero-order chi connectivity index (χ0) is 15.2. The van der Waals surface area contributed by atoms with Gasteiger partial charge in [0.05, 0.1) is 0 Å². The molecule has 0 saturated heterocycles. The van der Waals surface area contributed by atoms with Crippen molar-refractivity contribution in [3.63, 3.8) is 0 Å². The Kier molecular flexibility index (Phi) is 5.70. The Labute approximate surface area is 120 Å². The number of nitrogens with one attached hydrogen (secondary N) is 2. The quantitative estimate of drug-likeness (QED) is 0.721. The van der Waals surface area contributed by atoms with Gasteiger partial charge in [-0.3, -0.25) is 9.59 Å². The SMILES string of the molecule is CNC(=O)C[NH2+]CC(=O)Nc1ccc(C(C)(C)C)cc1. The first kappa shape index (κ1) is 16.2. The predicted octanol–water partition coefficient (Wildman–Crippen LogP) is 0.232. The molecule has 4 N–H and O–H groups in total. The molecule has 5 nitrogen and oxygen atoms in total. The third-order valence-corrected chi connectivity index (χ3v) is 2.97. The molecule has 0 aromatic heterocycles. The fraction of sp³-hybridized carbons (Fsp3) is 0.467. The molecular formula is C15H24N3O2+. The number of nitrogens with two attached hydrogens (primary N) is 1. The summed E-state index contributed by atoms with van der Waals surface area (Å²) in [6.45, 7) is 6.93. The molecule has 1 rings (SSSR count). The van der Waals surface area contributed by atoms with Gasteiger partial charge in [0.2, 0.25) is 0 Å². The van der Waals surface area contributed by atoms with Gasteiger partial charge in [0, 0.05) is 12.7 Å². The summed E-state index contributed by atoms with van der Waals surface area (Å²) in [6, 6.07) is 7.84. The minimum Gasteiger partial charge on any atom is -0.354 e. The first-order valence-corrected chi connectivity index (χ1v) is 6.75. The number of likely N-dealkylation sites (N-methyl/N-ethyl adjacent to an activating group) is 1. The monoisotopic (exact) mass is 278 g/mol. The van der Waals surface area contributed by atoms with Crippen LogP contribution in [0.4, 0.5) is 5.69 Å². The summed E-state index contributed by atoms with van der Waals surface area (Å²) in [4.78, 5) is 22.7. The van der Waals surface area contributed by atoms with Crippen LogP contribution in [0.1, 0.15) is 26.3 Å². The molecule has 1 aromatic carbocycles. The second-order valence-electron chi connectivity index (χ2n) is 5.75. The minimum atomic E-state index is -0.114. The molecule has 0 aliphatic heterocycles. The van der Waals surface area contributed by atoms with Crippen molar-refractivity contribution >= 4 is 17.5 Å². The zero-order valence-electron chi connectivity index (χ0n) is 12.6. The van der Waals surface area contributed by atoms with Crippen LogP contribution in [0.25, 0.3) is 0 Å². The van der Waals surface area contributed by atoms with Crippen molar-refractivity contribution in [2.24, 2.45) is 0 Å². The molecule has 2 amide bonds. The summed E-state index contributed by atoms with van der Waals surface area (Å²) in [5.41, 5.74) is 2.10. The topological polar surface area (TPSA) is 74.8 Å². The standard InChI is InChI=1S/C15H23N3O2/c1-15(2,3)11-5-7-12(8-6-11)18-14(20)10-17-9-13(19)16-4/h5-8,17H,9-10H2,1-4H3,(H,16,19)(H,18,20)/p+1. The maximum atomic E-state index is 11.7. The van der Waals surface area contributed by atoms with Crippen LogP contribution in [0.5, 0.6) is 0 Å². The normalized spacial score (nSPS) is 11.0. The number of hydrogen-bond acceptors (Lipinski definition) is 2. The van der Waals surface area contributed by atoms with E-state index < -0.39 is 0 Å². The maximum Gasteiger partial charge on any atom is 0.279 e. The molecule has 0 atom stereocenters. The van der Waals surface area contributed by atoms with Crippen LogP contribution in [0.3, 0.4) is 0 Å². The first-order valence-electron chi connectivity index (χ1n) is 6.75. The second kappa shape index (κ2) is 7.05. The summed E-state index contributed by atoms with van der Waals surface area (Å²) in [5, 5.41) is 6.98. The Bertz CT molecular complexity index is 461. The van der Waals surface area contributed by atoms with Crippen molar-refractivity contribution in [2.75, 3.05) is 25.5 Å². The molecule has 0 fully saturated rings. The number of carbonyl (C=O) groups is 2. The molecule has 110 valence electrons. The second-order valence-corrected chi connectivity index (χ2v) is 5.75. The molecule has 0 saturated carbocycles. The van der Waals surface area contributed by atoms with Crippen molar-refractivity contribution in [3.8, 4) is 0 Å². The first-order chi connectivity index (χ1) is 9.32. The molecular weight excluding hydrogens is 254 g/mol. The number of rotatable bonds is 5. The van der Waals surface area contributed by atoms with Crippen molar-refractivity contribution in [1.82, 2.24) is 5.32 Å². The van der Waals surface area contributed by atoms with E-state index in [1.54, 1.807) is 12.4 Å². The van der Waals surface area contributed by atoms with Crippen LogP contribution in [0.15, 0.2) is 24.3 Å². The predicted molar refractivity (Wildman–Crippen MR) is 79.5 cm³/mol. The van der Waals surface area contributed by atoms with E-state index in [1.165, 1.54) is 5.56 Å². The fourth-order valence-corrected chi connectivity index (χ4v) is 1.70. The lowest BCUT2D eigenvalue weighted by Gasteiger charge is -2.19. The molecule has 0 aliphatic carbocycles. The van der Waals surface area contributed by atoms with Crippen molar-refractivity contribution in [2.45, 2.75) is 26.2 Å². The summed E-state index contributed by atoms with van der Waals surface area (Å²) in [6.07, 6.45) is 0. The number of amides is 2. The Morgan fingerprint density at radius 3 is 2.10 bits per heavy atom. The van der Waals surface area contributed by atoms with Gasteiger partial charge in [0.15, 0.2) is 13.1 Å². The molecule has 0 aliphatic rings. The molecule has 0 bridgehead atoms. The Morgan fingerprint density at radius 2 is 1.60 bits per heavy atom. The summed E-state index contributed by atoms with van der Waals surface area (Å²) in [7, 11) is 1.58. The minimum absolute atomic E-state index is 0.0904. The van der Waals surface area contributed by atoms with Crippen LogP contribution >= 0.6 is 0 Å². The van der Waals surface area contributed by atoms with E-state index in [9.17, 15) is 9.59 Å². The Morgan fingerprint density at radius 1 is 1.05 bits per heavy atom. The van der Waals surface area contributed by atoms with Gasteiger partial charge in [-0.1, -0.05) is 32.9 Å². The summed E-state index contributed by atoms with van der Waals surface area (Å²) < 4.78 is 0. The van der Waals surface area contributed by atoms with E-state index in [0.717, 1.165) is 5.69 Å². The Hall–Kier alpha value is -1.88. The summed E-state index contributed by atoms with van der Waals surface area (Å²) >= 11 is 0. The molecule has 0 radical (unpaired) electrons. The number of anilines is 1. The Balaban J connectivity index is 2.44. The van der Waals surface area contributed by atoms with Gasteiger partial charge < -0.3 is 16.0 Å². The molecule has 0 unspecified atom stereocenters. The van der Waals surface area contributed by atoms with Crippen molar-refractivity contribution in [1.29, 1.82) is 0 Å². The average Bonchev–Trinajstić information content (AvgIpc) is 2.38. The van der Waals surface area contributed by atoms with E-state index in [2.05, 4.69) is 31.4 Å². The van der Waals surface area contributed by atoms with Crippen LogP contribution in [-0.2, 0) is 15.0 Å². The third-order valence-electron chi connectivity index (χ3n) is 2.97. The van der Waals surface area contributed by atoms with Gasteiger partial charge in [-0.2, -0.15) is 0 Å².